The van der Waals surface area contributed by atoms with E-state index in [0.29, 0.717) is 9.89 Å². The second-order valence-electron chi connectivity index (χ2n) is 5.24. The van der Waals surface area contributed by atoms with E-state index in [1.54, 1.807) is 0 Å². The molecule has 0 spiro atoms. The van der Waals surface area contributed by atoms with Crippen molar-refractivity contribution in [1.82, 2.24) is 5.32 Å². The van der Waals surface area contributed by atoms with Crippen LogP contribution in [-0.4, -0.2) is 6.54 Å². The number of halogens is 2. The Morgan fingerprint density at radius 3 is 2.56 bits per heavy atom. The maximum Gasteiger partial charge on any atom is 0.137 e. The van der Waals surface area contributed by atoms with E-state index < -0.39 is 0 Å². The van der Waals surface area contributed by atoms with E-state index in [4.69, 9.17) is 0 Å². The molecule has 0 heterocycles. The van der Waals surface area contributed by atoms with Crippen molar-refractivity contribution in [3.63, 3.8) is 0 Å². The highest BCUT2D eigenvalue weighted by Gasteiger charge is 2.08. The third-order valence-electron chi connectivity index (χ3n) is 2.36. The number of nitrogens with one attached hydrogen (secondary N) is 1. The summed E-state index contributed by atoms with van der Waals surface area (Å²) >= 11 is 3.18. The lowest BCUT2D eigenvalue weighted by atomic mass is 9.92. The number of hydrogen-bond acceptors (Lipinski definition) is 1. The molecule has 3 heteroatoms. The van der Waals surface area contributed by atoms with Crippen molar-refractivity contribution in [1.29, 1.82) is 0 Å². The molecule has 0 saturated carbocycles. The summed E-state index contributed by atoms with van der Waals surface area (Å²) in [6, 6.07) is 5.12. The van der Waals surface area contributed by atoms with Crippen LogP contribution in [0.15, 0.2) is 22.7 Å². The Hall–Kier alpha value is -0.410. The van der Waals surface area contributed by atoms with Gasteiger partial charge in [-0.25, -0.2) is 4.39 Å². The Bertz CT molecular complexity index is 344. The summed E-state index contributed by atoms with van der Waals surface area (Å²) < 4.78 is 13.5. The molecule has 1 aromatic carbocycles. The van der Waals surface area contributed by atoms with Gasteiger partial charge in [-0.3, -0.25) is 0 Å². The Kier molecular flexibility index (Phi) is 4.93. The standard InChI is InChI=1S/C13H19BrFN/c1-13(2,3)6-7-16-9-10-4-5-12(15)11(14)8-10/h4-5,8,16H,6-7,9H2,1-3H3. The van der Waals surface area contributed by atoms with Gasteiger partial charge in [0.05, 0.1) is 4.47 Å². The third kappa shape index (κ3) is 5.08. The summed E-state index contributed by atoms with van der Waals surface area (Å²) in [4.78, 5) is 0. The normalized spacial score (nSPS) is 11.8. The topological polar surface area (TPSA) is 12.0 Å². The average molecular weight is 288 g/mol. The fraction of sp³-hybridized carbons (Fsp3) is 0.538. The van der Waals surface area contributed by atoms with Crippen LogP contribution in [0.2, 0.25) is 0 Å². The van der Waals surface area contributed by atoms with E-state index in [-0.39, 0.29) is 5.82 Å². The molecule has 0 fully saturated rings. The van der Waals surface area contributed by atoms with E-state index in [2.05, 4.69) is 42.0 Å². The average Bonchev–Trinajstić information content (AvgIpc) is 2.17. The molecule has 0 aliphatic heterocycles. The summed E-state index contributed by atoms with van der Waals surface area (Å²) in [5.74, 6) is -0.210. The van der Waals surface area contributed by atoms with Crippen molar-refractivity contribution in [3.05, 3.63) is 34.1 Å². The van der Waals surface area contributed by atoms with Crippen LogP contribution in [0.5, 0.6) is 0 Å². The van der Waals surface area contributed by atoms with Gasteiger partial charge in [-0.2, -0.15) is 0 Å². The van der Waals surface area contributed by atoms with E-state index in [1.807, 2.05) is 12.1 Å². The molecule has 0 saturated heterocycles. The molecule has 0 atom stereocenters. The lowest BCUT2D eigenvalue weighted by molar-refractivity contribution is 0.366. The first-order chi connectivity index (χ1) is 7.38. The molecule has 0 bridgehead atoms. The van der Waals surface area contributed by atoms with Crippen LogP contribution in [0.1, 0.15) is 32.8 Å². The Morgan fingerprint density at radius 1 is 1.31 bits per heavy atom. The molecule has 0 aromatic heterocycles. The number of rotatable bonds is 4. The van der Waals surface area contributed by atoms with Gasteiger partial charge in [-0.15, -0.1) is 0 Å². The molecule has 0 unspecified atom stereocenters. The van der Waals surface area contributed by atoms with E-state index in [9.17, 15) is 4.39 Å². The van der Waals surface area contributed by atoms with Crippen LogP contribution in [0.4, 0.5) is 4.39 Å². The summed E-state index contributed by atoms with van der Waals surface area (Å²) in [6.45, 7) is 8.45. The molecule has 1 nitrogen and oxygen atoms in total. The molecule has 16 heavy (non-hydrogen) atoms. The first-order valence-corrected chi connectivity index (χ1v) is 6.32. The molecular weight excluding hydrogens is 269 g/mol. The highest BCUT2D eigenvalue weighted by Crippen LogP contribution is 2.18. The molecular formula is C13H19BrFN. The van der Waals surface area contributed by atoms with Crippen molar-refractivity contribution < 1.29 is 4.39 Å². The summed E-state index contributed by atoms with van der Waals surface area (Å²) in [6.07, 6.45) is 1.13. The van der Waals surface area contributed by atoms with Crippen molar-refractivity contribution in [2.45, 2.75) is 33.7 Å². The van der Waals surface area contributed by atoms with Crippen LogP contribution in [0.3, 0.4) is 0 Å². The Labute approximate surface area is 106 Å². The van der Waals surface area contributed by atoms with Gasteiger partial charge in [-0.1, -0.05) is 26.8 Å². The number of hydrogen-bond donors (Lipinski definition) is 1. The fourth-order valence-electron chi connectivity index (χ4n) is 1.35. The molecule has 1 aromatic rings. The van der Waals surface area contributed by atoms with Gasteiger partial charge < -0.3 is 5.32 Å². The maximum absolute atomic E-state index is 13.0. The van der Waals surface area contributed by atoms with Crippen LogP contribution in [-0.2, 0) is 6.54 Å². The van der Waals surface area contributed by atoms with E-state index in [1.165, 1.54) is 6.07 Å². The fourth-order valence-corrected chi connectivity index (χ4v) is 1.77. The van der Waals surface area contributed by atoms with Gasteiger partial charge in [0.25, 0.3) is 0 Å². The smallest absolute Gasteiger partial charge is 0.137 e. The molecule has 0 aliphatic carbocycles. The molecule has 0 amide bonds. The van der Waals surface area contributed by atoms with Gasteiger partial charge in [0.15, 0.2) is 0 Å². The van der Waals surface area contributed by atoms with E-state index >= 15 is 0 Å². The predicted molar refractivity (Wildman–Crippen MR) is 69.9 cm³/mol. The SMILES string of the molecule is CC(C)(C)CCNCc1ccc(F)c(Br)c1. The lowest BCUT2D eigenvalue weighted by Gasteiger charge is -2.18. The van der Waals surface area contributed by atoms with Gasteiger partial charge >= 0.3 is 0 Å². The minimum Gasteiger partial charge on any atom is -0.313 e. The van der Waals surface area contributed by atoms with Gasteiger partial charge in [0, 0.05) is 6.54 Å². The molecule has 90 valence electrons. The van der Waals surface area contributed by atoms with Crippen LogP contribution in [0, 0.1) is 11.2 Å². The zero-order valence-corrected chi connectivity index (χ0v) is 11.7. The third-order valence-corrected chi connectivity index (χ3v) is 2.97. The van der Waals surface area contributed by atoms with Crippen LogP contribution in [0.25, 0.3) is 0 Å². The monoisotopic (exact) mass is 287 g/mol. The summed E-state index contributed by atoms with van der Waals surface area (Å²) in [5.41, 5.74) is 1.46. The molecule has 0 aliphatic rings. The first-order valence-electron chi connectivity index (χ1n) is 5.53. The molecule has 1 N–H and O–H groups in total. The van der Waals surface area contributed by atoms with Crippen LogP contribution < -0.4 is 5.32 Å². The highest BCUT2D eigenvalue weighted by molar-refractivity contribution is 9.10. The zero-order chi connectivity index (χ0) is 12.2. The molecule has 0 radical (unpaired) electrons. The molecule has 1 rings (SSSR count). The second-order valence-corrected chi connectivity index (χ2v) is 6.09. The Morgan fingerprint density at radius 2 is 2.00 bits per heavy atom. The minimum absolute atomic E-state index is 0.210. The van der Waals surface area contributed by atoms with Crippen molar-refractivity contribution >= 4 is 15.9 Å². The van der Waals surface area contributed by atoms with Gasteiger partial charge in [0.1, 0.15) is 5.82 Å². The van der Waals surface area contributed by atoms with Crippen molar-refractivity contribution in [2.75, 3.05) is 6.54 Å². The van der Waals surface area contributed by atoms with Crippen molar-refractivity contribution in [3.8, 4) is 0 Å². The number of benzene rings is 1. The minimum atomic E-state index is -0.210. The zero-order valence-electron chi connectivity index (χ0n) is 10.1. The second kappa shape index (κ2) is 5.78. The van der Waals surface area contributed by atoms with Crippen molar-refractivity contribution in [2.24, 2.45) is 5.41 Å². The van der Waals surface area contributed by atoms with Crippen LogP contribution >= 0.6 is 15.9 Å². The largest absolute Gasteiger partial charge is 0.313 e. The highest BCUT2D eigenvalue weighted by atomic mass is 79.9. The van der Waals surface area contributed by atoms with Gasteiger partial charge in [-0.05, 0) is 52.0 Å². The van der Waals surface area contributed by atoms with Gasteiger partial charge in [0.2, 0.25) is 0 Å². The van der Waals surface area contributed by atoms with E-state index in [0.717, 1.165) is 25.1 Å². The lowest BCUT2D eigenvalue weighted by Crippen LogP contribution is -2.20. The predicted octanol–water partition coefficient (Wildman–Crippen LogP) is 4.11. The maximum atomic E-state index is 13.0. The summed E-state index contributed by atoms with van der Waals surface area (Å²) in [7, 11) is 0. The summed E-state index contributed by atoms with van der Waals surface area (Å²) in [5, 5.41) is 3.36. The first kappa shape index (κ1) is 13.7. The Balaban J connectivity index is 2.35. The quantitative estimate of drug-likeness (QED) is 0.822.